The van der Waals surface area contributed by atoms with Crippen LogP contribution in [0.3, 0.4) is 0 Å². The smallest absolute Gasteiger partial charge is 0.269 e. The lowest BCUT2D eigenvalue weighted by molar-refractivity contribution is -0.122. The number of aryl methyl sites for hydroxylation is 1. The van der Waals surface area contributed by atoms with E-state index >= 15 is 0 Å². The van der Waals surface area contributed by atoms with E-state index in [9.17, 15) is 9.59 Å². The summed E-state index contributed by atoms with van der Waals surface area (Å²) in [5.41, 5.74) is 0.271. The lowest BCUT2D eigenvalue weighted by Crippen LogP contribution is -2.36. The topological polar surface area (TPSA) is 84.1 Å². The molecule has 1 amide bonds. The SMILES string of the molecule is Cc1ccn(CC(=O)NC[C@@H]2CCCO2)c(=O)c1C#N. The van der Waals surface area contributed by atoms with Gasteiger partial charge >= 0.3 is 0 Å². The molecule has 1 fully saturated rings. The van der Waals surface area contributed by atoms with Crippen molar-refractivity contribution in [2.24, 2.45) is 0 Å². The molecule has 6 heteroatoms. The number of pyridine rings is 1. The summed E-state index contributed by atoms with van der Waals surface area (Å²) in [5, 5.41) is 11.7. The molecule has 1 atom stereocenters. The minimum absolute atomic E-state index is 0.0726. The van der Waals surface area contributed by atoms with Crippen molar-refractivity contribution in [2.45, 2.75) is 32.4 Å². The van der Waals surface area contributed by atoms with Crippen LogP contribution in [0.2, 0.25) is 0 Å². The largest absolute Gasteiger partial charge is 0.376 e. The van der Waals surface area contributed by atoms with Crippen LogP contribution in [0.25, 0.3) is 0 Å². The van der Waals surface area contributed by atoms with Crippen molar-refractivity contribution >= 4 is 5.91 Å². The van der Waals surface area contributed by atoms with Gasteiger partial charge in [-0.25, -0.2) is 0 Å². The fourth-order valence-corrected chi connectivity index (χ4v) is 2.17. The van der Waals surface area contributed by atoms with E-state index in [-0.39, 0.29) is 24.1 Å². The maximum absolute atomic E-state index is 12.0. The number of carbonyl (C=O) groups excluding carboxylic acids is 1. The Labute approximate surface area is 117 Å². The second-order valence-electron chi connectivity index (χ2n) is 4.86. The number of rotatable bonds is 4. The summed E-state index contributed by atoms with van der Waals surface area (Å²) in [7, 11) is 0. The number of carbonyl (C=O) groups is 1. The van der Waals surface area contributed by atoms with Gasteiger partial charge in [0.2, 0.25) is 5.91 Å². The Bertz CT molecular complexity index is 595. The number of nitrogens with zero attached hydrogens (tertiary/aromatic N) is 2. The van der Waals surface area contributed by atoms with Crippen LogP contribution in [0.4, 0.5) is 0 Å². The number of nitrogens with one attached hydrogen (secondary N) is 1. The molecule has 1 saturated heterocycles. The fourth-order valence-electron chi connectivity index (χ4n) is 2.17. The van der Waals surface area contributed by atoms with Gasteiger partial charge in [-0.3, -0.25) is 9.59 Å². The zero-order chi connectivity index (χ0) is 14.5. The number of hydrogen-bond acceptors (Lipinski definition) is 4. The molecule has 6 nitrogen and oxygen atoms in total. The van der Waals surface area contributed by atoms with E-state index in [1.165, 1.54) is 10.8 Å². The van der Waals surface area contributed by atoms with Crippen molar-refractivity contribution < 1.29 is 9.53 Å². The van der Waals surface area contributed by atoms with E-state index in [1.807, 2.05) is 6.07 Å². The minimum Gasteiger partial charge on any atom is -0.376 e. The van der Waals surface area contributed by atoms with Gasteiger partial charge in [-0.1, -0.05) is 0 Å². The standard InChI is InChI=1S/C14H17N3O3/c1-10-4-5-17(14(19)12(10)7-15)9-13(18)16-8-11-3-2-6-20-11/h4-5,11H,2-3,6,8-9H2,1H3,(H,16,18)/t11-/m0/s1. The molecule has 0 aromatic carbocycles. The van der Waals surface area contributed by atoms with Gasteiger partial charge in [-0.05, 0) is 31.4 Å². The Balaban J connectivity index is 1.97. The van der Waals surface area contributed by atoms with Crippen molar-refractivity contribution in [3.8, 4) is 6.07 Å². The minimum atomic E-state index is -0.431. The van der Waals surface area contributed by atoms with E-state index in [0.717, 1.165) is 19.4 Å². The van der Waals surface area contributed by atoms with Crippen LogP contribution in [-0.4, -0.2) is 29.7 Å². The summed E-state index contributed by atoms with van der Waals surface area (Å²) in [4.78, 5) is 23.7. The van der Waals surface area contributed by atoms with Crippen molar-refractivity contribution in [2.75, 3.05) is 13.2 Å². The fraction of sp³-hybridized carbons (Fsp3) is 0.500. The molecule has 2 rings (SSSR count). The normalized spacial score (nSPS) is 17.7. The van der Waals surface area contributed by atoms with Gasteiger partial charge in [0.15, 0.2) is 0 Å². The second-order valence-corrected chi connectivity index (χ2v) is 4.86. The van der Waals surface area contributed by atoms with E-state index in [1.54, 1.807) is 13.0 Å². The summed E-state index contributed by atoms with van der Waals surface area (Å²) in [5.74, 6) is -0.254. The highest BCUT2D eigenvalue weighted by atomic mass is 16.5. The van der Waals surface area contributed by atoms with Gasteiger partial charge in [0, 0.05) is 19.3 Å². The maximum atomic E-state index is 12.0. The van der Waals surface area contributed by atoms with Crippen LogP contribution in [0.1, 0.15) is 24.0 Å². The molecule has 1 aromatic heterocycles. The highest BCUT2D eigenvalue weighted by Gasteiger charge is 2.16. The predicted octanol–water partition coefficient (Wildman–Crippen LogP) is 0.324. The highest BCUT2D eigenvalue weighted by Crippen LogP contribution is 2.10. The first kappa shape index (κ1) is 14.3. The number of ether oxygens (including phenoxy) is 1. The van der Waals surface area contributed by atoms with Crippen LogP contribution in [0.15, 0.2) is 17.1 Å². The lowest BCUT2D eigenvalue weighted by Gasteiger charge is -2.12. The van der Waals surface area contributed by atoms with Crippen molar-refractivity contribution in [3.63, 3.8) is 0 Å². The molecule has 0 aliphatic carbocycles. The third-order valence-corrected chi connectivity index (χ3v) is 3.35. The van der Waals surface area contributed by atoms with Gasteiger partial charge in [0.25, 0.3) is 5.56 Å². The predicted molar refractivity (Wildman–Crippen MR) is 72.1 cm³/mol. The molecule has 0 radical (unpaired) electrons. The summed E-state index contributed by atoms with van der Waals surface area (Å²) < 4.78 is 6.65. The molecule has 0 unspecified atom stereocenters. The van der Waals surface area contributed by atoms with E-state index in [0.29, 0.717) is 12.1 Å². The van der Waals surface area contributed by atoms with Gasteiger partial charge in [-0.15, -0.1) is 0 Å². The van der Waals surface area contributed by atoms with Crippen molar-refractivity contribution in [1.82, 2.24) is 9.88 Å². The second kappa shape index (κ2) is 6.35. The van der Waals surface area contributed by atoms with E-state index < -0.39 is 5.56 Å². The molecule has 1 N–H and O–H groups in total. The summed E-state index contributed by atoms with van der Waals surface area (Å²) in [6.45, 7) is 2.82. The van der Waals surface area contributed by atoms with Gasteiger partial charge in [0.1, 0.15) is 18.2 Å². The van der Waals surface area contributed by atoms with Crippen molar-refractivity contribution in [3.05, 3.63) is 33.7 Å². The molecule has 106 valence electrons. The Kier molecular flexibility index (Phi) is 4.53. The number of hydrogen-bond donors (Lipinski definition) is 1. The van der Waals surface area contributed by atoms with E-state index in [4.69, 9.17) is 10.00 Å². The summed E-state index contributed by atoms with van der Waals surface area (Å²) in [6, 6.07) is 3.53. The molecule has 1 aliphatic rings. The lowest BCUT2D eigenvalue weighted by atomic mass is 10.2. The molecule has 1 aliphatic heterocycles. The van der Waals surface area contributed by atoms with Gasteiger partial charge in [0.05, 0.1) is 6.10 Å². The molecule has 1 aromatic rings. The molecular formula is C14H17N3O3. The van der Waals surface area contributed by atoms with Crippen LogP contribution in [0, 0.1) is 18.3 Å². The number of aromatic nitrogens is 1. The first-order chi connectivity index (χ1) is 9.61. The zero-order valence-electron chi connectivity index (χ0n) is 11.4. The first-order valence-corrected chi connectivity index (χ1v) is 6.60. The molecule has 20 heavy (non-hydrogen) atoms. The Morgan fingerprint density at radius 1 is 1.65 bits per heavy atom. The van der Waals surface area contributed by atoms with Gasteiger partial charge in [-0.2, -0.15) is 5.26 Å². The summed E-state index contributed by atoms with van der Waals surface area (Å²) >= 11 is 0. The molecule has 0 spiro atoms. The van der Waals surface area contributed by atoms with Crippen molar-refractivity contribution in [1.29, 1.82) is 5.26 Å². The monoisotopic (exact) mass is 275 g/mol. The highest BCUT2D eigenvalue weighted by molar-refractivity contribution is 5.75. The van der Waals surface area contributed by atoms with Crippen LogP contribution >= 0.6 is 0 Å². The Morgan fingerprint density at radius 2 is 2.45 bits per heavy atom. The Morgan fingerprint density at radius 3 is 3.10 bits per heavy atom. The molecule has 0 bridgehead atoms. The van der Waals surface area contributed by atoms with Crippen LogP contribution in [-0.2, 0) is 16.1 Å². The number of amides is 1. The van der Waals surface area contributed by atoms with Crippen LogP contribution in [0.5, 0.6) is 0 Å². The quantitative estimate of drug-likeness (QED) is 0.858. The third-order valence-electron chi connectivity index (χ3n) is 3.35. The van der Waals surface area contributed by atoms with Crippen LogP contribution < -0.4 is 10.9 Å². The third kappa shape index (κ3) is 3.25. The van der Waals surface area contributed by atoms with Gasteiger partial charge < -0.3 is 14.6 Å². The molecular weight excluding hydrogens is 258 g/mol. The average molecular weight is 275 g/mol. The average Bonchev–Trinajstić information content (AvgIpc) is 2.94. The first-order valence-electron chi connectivity index (χ1n) is 6.60. The Hall–Kier alpha value is -2.13. The zero-order valence-corrected chi connectivity index (χ0v) is 11.4. The summed E-state index contributed by atoms with van der Waals surface area (Å²) in [6.07, 6.45) is 3.57. The number of nitriles is 1. The molecule has 0 saturated carbocycles. The van der Waals surface area contributed by atoms with E-state index in [2.05, 4.69) is 5.32 Å². The maximum Gasteiger partial charge on any atom is 0.269 e. The molecule has 2 heterocycles.